The summed E-state index contributed by atoms with van der Waals surface area (Å²) in [6.07, 6.45) is -4.42. The zero-order valence-electron chi connectivity index (χ0n) is 14.3. The van der Waals surface area contributed by atoms with Crippen LogP contribution in [-0.4, -0.2) is 5.91 Å². The van der Waals surface area contributed by atoms with Crippen molar-refractivity contribution in [1.29, 1.82) is 0 Å². The molecule has 1 atom stereocenters. The molecule has 0 radical (unpaired) electrons. The van der Waals surface area contributed by atoms with Crippen molar-refractivity contribution < 1.29 is 18.0 Å². The van der Waals surface area contributed by atoms with E-state index in [1.165, 1.54) is 12.1 Å². The van der Waals surface area contributed by atoms with Gasteiger partial charge in [0, 0.05) is 5.69 Å². The molecule has 3 N–H and O–H groups in total. The van der Waals surface area contributed by atoms with Gasteiger partial charge in [0.1, 0.15) is 6.04 Å². The number of nitrogens with one attached hydrogen (secondary N) is 1. The maximum absolute atomic E-state index is 12.6. The average Bonchev–Trinajstić information content (AvgIpc) is 2.53. The molecule has 0 heterocycles. The number of nitrogens with two attached hydrogens (primary N) is 1. The number of hydrogen-bond acceptors (Lipinski definition) is 2. The highest BCUT2D eigenvalue weighted by molar-refractivity contribution is 5.95. The van der Waals surface area contributed by atoms with E-state index in [1.807, 2.05) is 12.1 Å². The molecule has 0 aliphatic heterocycles. The van der Waals surface area contributed by atoms with E-state index in [0.29, 0.717) is 11.3 Å². The van der Waals surface area contributed by atoms with Crippen molar-refractivity contribution in [2.24, 2.45) is 5.73 Å². The molecule has 6 heteroatoms. The fourth-order valence-electron chi connectivity index (χ4n) is 2.30. The molecule has 25 heavy (non-hydrogen) atoms. The predicted octanol–water partition coefficient (Wildman–Crippen LogP) is 4.64. The van der Waals surface area contributed by atoms with Gasteiger partial charge in [0.15, 0.2) is 0 Å². The zero-order valence-corrected chi connectivity index (χ0v) is 14.3. The first-order valence-corrected chi connectivity index (χ1v) is 7.82. The van der Waals surface area contributed by atoms with E-state index in [9.17, 15) is 18.0 Å². The van der Waals surface area contributed by atoms with Gasteiger partial charge in [-0.2, -0.15) is 13.2 Å². The number of amides is 1. The molecular formula is C19H21F3N2O. The Hall–Kier alpha value is -2.34. The van der Waals surface area contributed by atoms with E-state index < -0.39 is 23.7 Å². The van der Waals surface area contributed by atoms with Gasteiger partial charge in [-0.05, 0) is 40.8 Å². The molecule has 134 valence electrons. The highest BCUT2D eigenvalue weighted by Gasteiger charge is 2.30. The minimum Gasteiger partial charge on any atom is -0.324 e. The lowest BCUT2D eigenvalue weighted by atomic mass is 9.87. The second kappa shape index (κ2) is 6.88. The largest absolute Gasteiger partial charge is 0.416 e. The van der Waals surface area contributed by atoms with Crippen molar-refractivity contribution in [3.63, 3.8) is 0 Å². The van der Waals surface area contributed by atoms with Crippen LogP contribution in [0.4, 0.5) is 18.9 Å². The first-order valence-electron chi connectivity index (χ1n) is 7.82. The fraction of sp³-hybridized carbons (Fsp3) is 0.316. The lowest BCUT2D eigenvalue weighted by molar-refractivity contribution is -0.137. The van der Waals surface area contributed by atoms with Gasteiger partial charge in [-0.3, -0.25) is 4.79 Å². The van der Waals surface area contributed by atoms with Crippen molar-refractivity contribution >= 4 is 11.6 Å². The van der Waals surface area contributed by atoms with Crippen molar-refractivity contribution in [2.45, 2.75) is 38.4 Å². The molecule has 3 nitrogen and oxygen atoms in total. The van der Waals surface area contributed by atoms with Crippen LogP contribution in [-0.2, 0) is 16.4 Å². The van der Waals surface area contributed by atoms with E-state index in [1.54, 1.807) is 12.1 Å². The molecule has 0 aliphatic carbocycles. The number of benzene rings is 2. The molecule has 0 spiro atoms. The van der Waals surface area contributed by atoms with Crippen LogP contribution >= 0.6 is 0 Å². The zero-order chi connectivity index (χ0) is 18.8. The molecule has 2 aromatic rings. The average molecular weight is 350 g/mol. The van der Waals surface area contributed by atoms with E-state index in [0.717, 1.165) is 17.7 Å². The van der Waals surface area contributed by atoms with Gasteiger partial charge in [0.05, 0.1) is 5.56 Å². The molecule has 0 fully saturated rings. The molecule has 0 aliphatic rings. The van der Waals surface area contributed by atoms with Crippen molar-refractivity contribution in [3.05, 3.63) is 65.2 Å². The monoisotopic (exact) mass is 350 g/mol. The normalized spacial score (nSPS) is 13.4. The minimum absolute atomic E-state index is 0.000823. The number of hydrogen-bond donors (Lipinski definition) is 2. The van der Waals surface area contributed by atoms with Crippen LogP contribution < -0.4 is 11.1 Å². The van der Waals surface area contributed by atoms with E-state index in [2.05, 4.69) is 26.1 Å². The Morgan fingerprint density at radius 3 is 1.84 bits per heavy atom. The number of carbonyl (C=O) groups is 1. The van der Waals surface area contributed by atoms with E-state index in [-0.39, 0.29) is 5.41 Å². The van der Waals surface area contributed by atoms with Crippen LogP contribution in [0.3, 0.4) is 0 Å². The SMILES string of the molecule is CC(C)(C)c1ccc(NC(=O)[C@@H](N)c2ccc(C(F)(F)F)cc2)cc1. The number of carbonyl (C=O) groups excluding carboxylic acids is 1. The third-order valence-electron chi connectivity index (χ3n) is 3.90. The summed E-state index contributed by atoms with van der Waals surface area (Å²) in [5, 5.41) is 2.68. The van der Waals surface area contributed by atoms with Gasteiger partial charge in [-0.25, -0.2) is 0 Å². The fourth-order valence-corrected chi connectivity index (χ4v) is 2.30. The lowest BCUT2D eigenvalue weighted by Crippen LogP contribution is -2.27. The highest BCUT2D eigenvalue weighted by Crippen LogP contribution is 2.30. The summed E-state index contributed by atoms with van der Waals surface area (Å²) in [7, 11) is 0. The predicted molar refractivity (Wildman–Crippen MR) is 92.1 cm³/mol. The van der Waals surface area contributed by atoms with Crippen molar-refractivity contribution in [1.82, 2.24) is 0 Å². The van der Waals surface area contributed by atoms with Gasteiger partial charge in [0.25, 0.3) is 0 Å². The molecule has 0 aromatic heterocycles. The summed E-state index contributed by atoms with van der Waals surface area (Å²) in [6.45, 7) is 6.25. The third-order valence-corrected chi connectivity index (χ3v) is 3.90. The van der Waals surface area contributed by atoms with E-state index >= 15 is 0 Å². The number of rotatable bonds is 3. The summed E-state index contributed by atoms with van der Waals surface area (Å²) < 4.78 is 37.7. The van der Waals surface area contributed by atoms with Crippen LogP contribution in [0.1, 0.15) is 43.5 Å². The van der Waals surface area contributed by atoms with Crippen LogP contribution in [0, 0.1) is 0 Å². The lowest BCUT2D eigenvalue weighted by Gasteiger charge is -2.19. The quantitative estimate of drug-likeness (QED) is 0.847. The molecule has 2 rings (SSSR count). The van der Waals surface area contributed by atoms with Gasteiger partial charge in [0.2, 0.25) is 5.91 Å². The summed E-state index contributed by atoms with van der Waals surface area (Å²) in [4.78, 5) is 12.2. The van der Waals surface area contributed by atoms with E-state index in [4.69, 9.17) is 5.73 Å². The number of halogens is 3. The Kier molecular flexibility index (Phi) is 5.23. The Morgan fingerprint density at radius 2 is 1.40 bits per heavy atom. The first kappa shape index (κ1) is 19.0. The Morgan fingerprint density at radius 1 is 0.920 bits per heavy atom. The number of anilines is 1. The number of alkyl halides is 3. The maximum Gasteiger partial charge on any atom is 0.416 e. The smallest absolute Gasteiger partial charge is 0.324 e. The molecule has 1 amide bonds. The maximum atomic E-state index is 12.6. The third kappa shape index (κ3) is 4.82. The van der Waals surface area contributed by atoms with Crippen molar-refractivity contribution in [3.8, 4) is 0 Å². The summed E-state index contributed by atoms with van der Waals surface area (Å²) in [6, 6.07) is 10.6. The standard InChI is InChI=1S/C19H21F3N2O/c1-18(2,3)13-8-10-15(11-9-13)24-17(25)16(23)12-4-6-14(7-5-12)19(20,21)22/h4-11,16H,23H2,1-3H3,(H,24,25)/t16-/m0/s1. The van der Waals surface area contributed by atoms with Crippen LogP contribution in [0.2, 0.25) is 0 Å². The minimum atomic E-state index is -4.42. The molecular weight excluding hydrogens is 329 g/mol. The first-order chi connectivity index (χ1) is 11.5. The summed E-state index contributed by atoms with van der Waals surface area (Å²) in [5.41, 5.74) is 7.10. The second-order valence-corrected chi connectivity index (χ2v) is 6.91. The van der Waals surface area contributed by atoms with Crippen LogP contribution in [0.25, 0.3) is 0 Å². The molecule has 0 unspecified atom stereocenters. The Bertz CT molecular complexity index is 729. The molecule has 0 bridgehead atoms. The van der Waals surface area contributed by atoms with Crippen molar-refractivity contribution in [2.75, 3.05) is 5.32 Å². The van der Waals surface area contributed by atoms with Gasteiger partial charge in [-0.15, -0.1) is 0 Å². The van der Waals surface area contributed by atoms with Gasteiger partial charge in [-0.1, -0.05) is 45.0 Å². The van der Waals surface area contributed by atoms with Crippen LogP contribution in [0.15, 0.2) is 48.5 Å². The second-order valence-electron chi connectivity index (χ2n) is 6.91. The molecule has 0 saturated carbocycles. The summed E-state index contributed by atoms with van der Waals surface area (Å²) in [5.74, 6) is -0.483. The highest BCUT2D eigenvalue weighted by atomic mass is 19.4. The summed E-state index contributed by atoms with van der Waals surface area (Å²) >= 11 is 0. The Labute approximate surface area is 145 Å². The Balaban J connectivity index is 2.07. The van der Waals surface area contributed by atoms with Gasteiger partial charge < -0.3 is 11.1 Å². The van der Waals surface area contributed by atoms with Gasteiger partial charge >= 0.3 is 6.18 Å². The topological polar surface area (TPSA) is 55.1 Å². The van der Waals surface area contributed by atoms with Crippen LogP contribution in [0.5, 0.6) is 0 Å². The molecule has 2 aromatic carbocycles. The molecule has 0 saturated heterocycles.